The predicted octanol–water partition coefficient (Wildman–Crippen LogP) is 3.70. The van der Waals surface area contributed by atoms with E-state index in [1.807, 2.05) is 0 Å². The third-order valence-corrected chi connectivity index (χ3v) is 4.29. The van der Waals surface area contributed by atoms with Crippen molar-refractivity contribution in [2.45, 2.75) is 44.7 Å². The van der Waals surface area contributed by atoms with Crippen LogP contribution in [-0.4, -0.2) is 32.5 Å². The third kappa shape index (κ3) is 9.32. The van der Waals surface area contributed by atoms with Gasteiger partial charge in [-0.15, -0.1) is 0 Å². The van der Waals surface area contributed by atoms with E-state index in [0.717, 1.165) is 4.72 Å². The average molecular weight is 411 g/mol. The van der Waals surface area contributed by atoms with Crippen LogP contribution in [0.25, 0.3) is 0 Å². The molecule has 0 radical (unpaired) electrons. The second-order valence-corrected chi connectivity index (χ2v) is 7.50. The molecule has 10 heteroatoms. The molecular formula is C17H24F3NO5S. The van der Waals surface area contributed by atoms with Crippen molar-refractivity contribution in [1.82, 2.24) is 4.72 Å². The van der Waals surface area contributed by atoms with Gasteiger partial charge in [-0.3, -0.25) is 4.79 Å². The molecular weight excluding hydrogens is 387 g/mol. The van der Waals surface area contributed by atoms with E-state index >= 15 is 0 Å². The lowest BCUT2D eigenvalue weighted by Crippen LogP contribution is -2.40. The Morgan fingerprint density at radius 2 is 1.59 bits per heavy atom. The van der Waals surface area contributed by atoms with Gasteiger partial charge in [-0.1, -0.05) is 26.3 Å². The van der Waals surface area contributed by atoms with Gasteiger partial charge in [0.15, 0.2) is 0 Å². The van der Waals surface area contributed by atoms with Crippen molar-refractivity contribution < 1.29 is 35.9 Å². The number of halogens is 3. The van der Waals surface area contributed by atoms with Crippen LogP contribution < -0.4 is 4.72 Å². The molecule has 1 N–H and O–H groups in total. The molecule has 0 saturated carbocycles. The second kappa shape index (κ2) is 10.2. The van der Waals surface area contributed by atoms with E-state index in [9.17, 15) is 26.4 Å². The first kappa shape index (κ1) is 24.8. The minimum Gasteiger partial charge on any atom is -0.490 e. The summed E-state index contributed by atoms with van der Waals surface area (Å²) in [5.41, 5.74) is -4.39. The molecule has 0 spiro atoms. The Hall–Kier alpha value is -2.23. The second-order valence-electron chi connectivity index (χ2n) is 5.82. The molecule has 0 aliphatic heterocycles. The summed E-state index contributed by atoms with van der Waals surface area (Å²) in [5.74, 6) is -0.649. The summed E-state index contributed by atoms with van der Waals surface area (Å²) < 4.78 is 70.4. The van der Waals surface area contributed by atoms with Crippen LogP contribution in [0.5, 0.6) is 0 Å². The molecule has 6 nitrogen and oxygen atoms in total. The summed E-state index contributed by atoms with van der Waals surface area (Å²) in [6, 6.07) is 0. The summed E-state index contributed by atoms with van der Waals surface area (Å²) in [6.07, 6.45) is -0.806. The van der Waals surface area contributed by atoms with E-state index < -0.39 is 34.0 Å². The van der Waals surface area contributed by atoms with Crippen LogP contribution in [-0.2, 0) is 24.3 Å². The molecule has 0 fully saturated rings. The lowest BCUT2D eigenvalue weighted by atomic mass is 10.1. The highest BCUT2D eigenvalue weighted by molar-refractivity contribution is 7.90. The van der Waals surface area contributed by atoms with E-state index in [4.69, 9.17) is 9.47 Å². The van der Waals surface area contributed by atoms with Gasteiger partial charge in [0.25, 0.3) is 0 Å². The summed E-state index contributed by atoms with van der Waals surface area (Å²) in [7, 11) is -5.71. The number of amides is 1. The number of nitrogens with one attached hydrogen (secondary N) is 1. The Bertz CT molecular complexity index is 711. The van der Waals surface area contributed by atoms with Crippen molar-refractivity contribution in [3.05, 3.63) is 49.0 Å². The number of sulfonamides is 1. The molecule has 1 unspecified atom stereocenters. The molecule has 0 saturated heterocycles. The number of hydrogen-bond donors (Lipinski definition) is 1. The van der Waals surface area contributed by atoms with Gasteiger partial charge in [0, 0.05) is 6.42 Å². The zero-order valence-electron chi connectivity index (χ0n) is 15.3. The normalized spacial score (nSPS) is 12.6. The Kier molecular flexibility index (Phi) is 9.35. The molecule has 0 aromatic heterocycles. The number of carbonyl (C=O) groups is 1. The van der Waals surface area contributed by atoms with Gasteiger partial charge >= 0.3 is 15.5 Å². The van der Waals surface area contributed by atoms with E-state index in [1.165, 1.54) is 0 Å². The maximum absolute atomic E-state index is 12.2. The summed E-state index contributed by atoms with van der Waals surface area (Å²) >= 11 is 0. The number of carbonyl (C=O) groups excluding carboxylic acids is 1. The smallest absolute Gasteiger partial charge is 0.490 e. The Balaban J connectivity index is 4.72. The molecule has 0 bridgehead atoms. The van der Waals surface area contributed by atoms with Gasteiger partial charge in [0.2, 0.25) is 5.91 Å². The largest absolute Gasteiger partial charge is 0.516 e. The molecule has 0 heterocycles. The van der Waals surface area contributed by atoms with Crippen molar-refractivity contribution >= 4 is 15.9 Å². The molecule has 0 aromatic carbocycles. The van der Waals surface area contributed by atoms with Gasteiger partial charge in [0.1, 0.15) is 24.2 Å². The highest BCUT2D eigenvalue weighted by Crippen LogP contribution is 2.22. The quantitative estimate of drug-likeness (QED) is 0.391. The van der Waals surface area contributed by atoms with Gasteiger partial charge in [-0.25, -0.2) is 4.72 Å². The van der Waals surface area contributed by atoms with Gasteiger partial charge in [-0.05, 0) is 37.8 Å². The fraction of sp³-hybridized carbons (Fsp3) is 0.471. The molecule has 1 amide bonds. The van der Waals surface area contributed by atoms with Crippen LogP contribution in [0.2, 0.25) is 0 Å². The Morgan fingerprint density at radius 1 is 1.07 bits per heavy atom. The van der Waals surface area contributed by atoms with Crippen LogP contribution in [0.1, 0.15) is 33.1 Å². The van der Waals surface area contributed by atoms with Crippen LogP contribution in [0.4, 0.5) is 13.2 Å². The fourth-order valence-electron chi connectivity index (χ4n) is 1.54. The third-order valence-electron chi connectivity index (χ3n) is 3.19. The SMILES string of the molecule is C=C(C)C(=C)OCC(CCCC(=O)NS(=O)(=O)C(F)(F)F)OC(=C)C(=C)C. The Labute approximate surface area is 157 Å². The zero-order valence-corrected chi connectivity index (χ0v) is 16.1. The first-order chi connectivity index (χ1) is 12.2. The van der Waals surface area contributed by atoms with Crippen molar-refractivity contribution in [2.24, 2.45) is 0 Å². The number of hydrogen-bond acceptors (Lipinski definition) is 5. The molecule has 0 aliphatic carbocycles. The van der Waals surface area contributed by atoms with Crippen molar-refractivity contribution in [3.63, 3.8) is 0 Å². The number of rotatable bonds is 12. The highest BCUT2D eigenvalue weighted by atomic mass is 32.2. The van der Waals surface area contributed by atoms with Crippen molar-refractivity contribution in [3.8, 4) is 0 Å². The molecule has 154 valence electrons. The lowest BCUT2D eigenvalue weighted by Gasteiger charge is -2.21. The molecule has 27 heavy (non-hydrogen) atoms. The van der Waals surface area contributed by atoms with E-state index in [2.05, 4.69) is 26.3 Å². The highest BCUT2D eigenvalue weighted by Gasteiger charge is 2.46. The van der Waals surface area contributed by atoms with Crippen LogP contribution in [0.15, 0.2) is 49.0 Å². The standard InChI is InChI=1S/C17H24F3NO5S/c1-11(2)13(5)25-10-15(26-14(6)12(3)4)8-7-9-16(22)21-27(23,24)17(18,19)20/h15H,1,3,5-10H2,2,4H3,(H,21,22). The summed E-state index contributed by atoms with van der Waals surface area (Å²) in [6.45, 7) is 18.1. The molecule has 0 aliphatic rings. The number of alkyl halides is 3. The van der Waals surface area contributed by atoms with Gasteiger partial charge < -0.3 is 9.47 Å². The predicted molar refractivity (Wildman–Crippen MR) is 95.7 cm³/mol. The summed E-state index contributed by atoms with van der Waals surface area (Å²) in [5, 5.41) is 0. The minimum atomic E-state index is -5.71. The van der Waals surface area contributed by atoms with Crippen LogP contribution in [0.3, 0.4) is 0 Å². The first-order valence-electron chi connectivity index (χ1n) is 7.78. The van der Waals surface area contributed by atoms with Crippen LogP contribution in [0, 0.1) is 0 Å². The minimum absolute atomic E-state index is 0.0282. The maximum atomic E-state index is 12.2. The Morgan fingerprint density at radius 3 is 2.04 bits per heavy atom. The lowest BCUT2D eigenvalue weighted by molar-refractivity contribution is -0.120. The molecule has 0 aromatic rings. The van der Waals surface area contributed by atoms with Gasteiger partial charge in [-0.2, -0.15) is 21.6 Å². The van der Waals surface area contributed by atoms with Gasteiger partial charge in [0.05, 0.1) is 0 Å². The fourth-order valence-corrected chi connectivity index (χ4v) is 2.06. The molecule has 0 rings (SSSR count). The van der Waals surface area contributed by atoms with Crippen molar-refractivity contribution in [2.75, 3.05) is 6.61 Å². The summed E-state index contributed by atoms with van der Waals surface area (Å²) in [4.78, 5) is 11.5. The van der Waals surface area contributed by atoms with E-state index in [1.54, 1.807) is 13.8 Å². The number of ether oxygens (including phenoxy) is 2. The van der Waals surface area contributed by atoms with Crippen molar-refractivity contribution in [1.29, 1.82) is 0 Å². The number of allylic oxidation sites excluding steroid dienone is 2. The maximum Gasteiger partial charge on any atom is 0.516 e. The van der Waals surface area contributed by atoms with Crippen LogP contribution >= 0.6 is 0 Å². The average Bonchev–Trinajstić information content (AvgIpc) is 2.49. The topological polar surface area (TPSA) is 81.7 Å². The van der Waals surface area contributed by atoms with E-state index in [-0.39, 0.29) is 25.2 Å². The first-order valence-corrected chi connectivity index (χ1v) is 9.26. The zero-order chi connectivity index (χ0) is 21.4. The molecule has 1 atom stereocenters. The van der Waals surface area contributed by atoms with E-state index in [0.29, 0.717) is 16.9 Å². The monoisotopic (exact) mass is 411 g/mol.